The number of aromatic nitrogens is 2. The third kappa shape index (κ3) is 5.34. The van der Waals surface area contributed by atoms with Crippen LogP contribution in [0.15, 0.2) is 72.1 Å². The standard InChI is InChI=1S/C28H28N4O3S2/c1-19-10-12-21(13-11-19)32-28-25(26(30-32)20-7-4-3-5-8-20)27(22-9-6-16-36-22)37-18-24(34)31(28)17-23(33)29-14-15-35-2/h3-13,16,27H,14-15,17-18H2,1-2H3,(H,29,33). The maximum Gasteiger partial charge on any atom is 0.240 e. The van der Waals surface area contributed by atoms with Crippen molar-refractivity contribution in [3.8, 4) is 16.9 Å². The molecule has 1 unspecified atom stereocenters. The minimum Gasteiger partial charge on any atom is -0.383 e. The molecule has 0 fully saturated rings. The van der Waals surface area contributed by atoms with Crippen LogP contribution in [0, 0.1) is 6.92 Å². The second-order valence-corrected chi connectivity index (χ2v) is 10.8. The normalized spacial score (nSPS) is 15.4. The molecule has 1 aliphatic rings. The number of nitrogens with zero attached hydrogens (tertiary/aromatic N) is 3. The van der Waals surface area contributed by atoms with Crippen molar-refractivity contribution in [2.24, 2.45) is 0 Å². The molecule has 4 aromatic rings. The van der Waals surface area contributed by atoms with E-state index in [9.17, 15) is 9.59 Å². The van der Waals surface area contributed by atoms with Crippen LogP contribution in [0.4, 0.5) is 5.82 Å². The van der Waals surface area contributed by atoms with E-state index in [1.165, 1.54) is 0 Å². The molecular weight excluding hydrogens is 504 g/mol. The maximum atomic E-state index is 13.6. The van der Waals surface area contributed by atoms with Crippen molar-refractivity contribution in [3.05, 3.63) is 88.1 Å². The number of anilines is 1. The van der Waals surface area contributed by atoms with E-state index in [0.717, 1.165) is 32.9 Å². The highest BCUT2D eigenvalue weighted by molar-refractivity contribution is 8.00. The summed E-state index contributed by atoms with van der Waals surface area (Å²) in [6, 6.07) is 22.2. The van der Waals surface area contributed by atoms with E-state index in [1.54, 1.807) is 35.1 Å². The molecule has 1 N–H and O–H groups in total. The van der Waals surface area contributed by atoms with Gasteiger partial charge in [0.05, 0.1) is 29.0 Å². The number of nitrogens with one attached hydrogen (secondary N) is 1. The van der Waals surface area contributed by atoms with Gasteiger partial charge in [0.2, 0.25) is 11.8 Å². The van der Waals surface area contributed by atoms with Crippen molar-refractivity contribution < 1.29 is 14.3 Å². The SMILES string of the molecule is COCCNC(=O)CN1C(=O)CSC(c2cccs2)c2c(-c3ccccc3)nn(-c3ccc(C)cc3)c21. The number of thioether (sulfide) groups is 1. The molecule has 1 atom stereocenters. The number of hydrogen-bond acceptors (Lipinski definition) is 6. The number of rotatable bonds is 8. The summed E-state index contributed by atoms with van der Waals surface area (Å²) in [7, 11) is 1.59. The molecule has 5 rings (SSSR count). The van der Waals surface area contributed by atoms with Gasteiger partial charge in [-0.1, -0.05) is 54.1 Å². The molecule has 2 aromatic carbocycles. The predicted molar refractivity (Wildman–Crippen MR) is 150 cm³/mol. The molecule has 2 amide bonds. The Morgan fingerprint density at radius 1 is 1.11 bits per heavy atom. The van der Waals surface area contributed by atoms with Crippen molar-refractivity contribution in [3.63, 3.8) is 0 Å². The first-order valence-corrected chi connectivity index (χ1v) is 14.0. The Kier molecular flexibility index (Phi) is 7.73. The smallest absolute Gasteiger partial charge is 0.240 e. The van der Waals surface area contributed by atoms with Gasteiger partial charge < -0.3 is 10.1 Å². The second-order valence-electron chi connectivity index (χ2n) is 8.73. The van der Waals surface area contributed by atoms with Crippen LogP contribution < -0.4 is 10.2 Å². The minimum atomic E-state index is -0.242. The van der Waals surface area contributed by atoms with Crippen LogP contribution in [-0.2, 0) is 14.3 Å². The van der Waals surface area contributed by atoms with E-state index in [1.807, 2.05) is 72.3 Å². The Labute approximate surface area is 224 Å². The number of carbonyl (C=O) groups is 2. The number of hydrogen-bond donors (Lipinski definition) is 1. The zero-order chi connectivity index (χ0) is 25.8. The number of benzene rings is 2. The van der Waals surface area contributed by atoms with E-state index in [-0.39, 0.29) is 29.4 Å². The molecule has 0 saturated carbocycles. The Hall–Kier alpha value is -3.40. The fourth-order valence-corrected chi connectivity index (χ4v) is 6.53. The number of fused-ring (bicyclic) bond motifs is 1. The van der Waals surface area contributed by atoms with E-state index >= 15 is 0 Å². The van der Waals surface area contributed by atoms with Crippen molar-refractivity contribution in [1.82, 2.24) is 15.1 Å². The van der Waals surface area contributed by atoms with Crippen LogP contribution >= 0.6 is 23.1 Å². The Bertz CT molecular complexity index is 1370. The summed E-state index contributed by atoms with van der Waals surface area (Å²) >= 11 is 3.24. The molecule has 0 radical (unpaired) electrons. The Balaban J connectivity index is 1.72. The molecule has 0 bridgehead atoms. The number of amides is 2. The zero-order valence-corrected chi connectivity index (χ0v) is 22.3. The summed E-state index contributed by atoms with van der Waals surface area (Å²) in [6.45, 7) is 2.72. The van der Waals surface area contributed by atoms with Crippen LogP contribution in [0.5, 0.6) is 0 Å². The fourth-order valence-electron chi connectivity index (χ4n) is 4.35. The first-order valence-electron chi connectivity index (χ1n) is 12.0. The number of aryl methyl sites for hydroxylation is 1. The summed E-state index contributed by atoms with van der Waals surface area (Å²) < 4.78 is 6.89. The van der Waals surface area contributed by atoms with Crippen LogP contribution in [0.1, 0.15) is 21.3 Å². The summed E-state index contributed by atoms with van der Waals surface area (Å²) in [4.78, 5) is 29.3. The lowest BCUT2D eigenvalue weighted by Gasteiger charge is -2.23. The fraction of sp³-hybridized carbons (Fsp3) is 0.250. The zero-order valence-electron chi connectivity index (χ0n) is 20.7. The summed E-state index contributed by atoms with van der Waals surface area (Å²) in [5.41, 5.74) is 4.67. The van der Waals surface area contributed by atoms with Crippen LogP contribution in [0.25, 0.3) is 16.9 Å². The molecule has 3 heterocycles. The monoisotopic (exact) mass is 532 g/mol. The Morgan fingerprint density at radius 2 is 1.89 bits per heavy atom. The number of methoxy groups -OCH3 is 1. The summed E-state index contributed by atoms with van der Waals surface area (Å²) in [5, 5.41) is 9.90. The highest BCUT2D eigenvalue weighted by Crippen LogP contribution is 2.49. The van der Waals surface area contributed by atoms with Crippen molar-refractivity contribution >= 4 is 40.7 Å². The van der Waals surface area contributed by atoms with Crippen molar-refractivity contribution in [1.29, 1.82) is 0 Å². The molecule has 7 nitrogen and oxygen atoms in total. The third-order valence-corrected chi connectivity index (χ3v) is 8.47. The molecule has 0 saturated heterocycles. The van der Waals surface area contributed by atoms with Crippen LogP contribution in [0.3, 0.4) is 0 Å². The van der Waals surface area contributed by atoms with Crippen molar-refractivity contribution in [2.75, 3.05) is 37.5 Å². The third-order valence-electron chi connectivity index (χ3n) is 6.15. The lowest BCUT2D eigenvalue weighted by molar-refractivity contribution is -0.123. The molecule has 1 aliphatic heterocycles. The average Bonchev–Trinajstić information content (AvgIpc) is 3.55. The van der Waals surface area contributed by atoms with Gasteiger partial charge in [0.15, 0.2) is 0 Å². The van der Waals surface area contributed by atoms with Gasteiger partial charge in [-0.2, -0.15) is 5.10 Å². The molecule has 190 valence electrons. The van der Waals surface area contributed by atoms with E-state index in [4.69, 9.17) is 9.84 Å². The molecule has 9 heteroatoms. The van der Waals surface area contributed by atoms with Crippen LogP contribution in [-0.4, -0.2) is 54.2 Å². The first-order chi connectivity index (χ1) is 18.1. The summed E-state index contributed by atoms with van der Waals surface area (Å²) in [6.07, 6.45) is 0. The van der Waals surface area contributed by atoms with Gasteiger partial charge >= 0.3 is 0 Å². The van der Waals surface area contributed by atoms with E-state index in [2.05, 4.69) is 16.8 Å². The van der Waals surface area contributed by atoms with Gasteiger partial charge in [-0.15, -0.1) is 23.1 Å². The minimum absolute atomic E-state index is 0.0982. The van der Waals surface area contributed by atoms with Gasteiger partial charge in [-0.05, 0) is 30.5 Å². The van der Waals surface area contributed by atoms with Crippen molar-refractivity contribution in [2.45, 2.75) is 12.2 Å². The maximum absolute atomic E-state index is 13.6. The Morgan fingerprint density at radius 3 is 2.59 bits per heavy atom. The van der Waals surface area contributed by atoms with Crippen LogP contribution in [0.2, 0.25) is 0 Å². The molecule has 0 aliphatic carbocycles. The quantitative estimate of drug-likeness (QED) is 0.329. The van der Waals surface area contributed by atoms with E-state index < -0.39 is 0 Å². The lowest BCUT2D eigenvalue weighted by atomic mass is 10.0. The molecule has 37 heavy (non-hydrogen) atoms. The number of carbonyl (C=O) groups excluding carboxylic acids is 2. The first kappa shape index (κ1) is 25.3. The van der Waals surface area contributed by atoms with Gasteiger partial charge in [0.25, 0.3) is 0 Å². The average molecular weight is 533 g/mol. The largest absolute Gasteiger partial charge is 0.383 e. The van der Waals surface area contributed by atoms with E-state index in [0.29, 0.717) is 19.0 Å². The highest BCUT2D eigenvalue weighted by atomic mass is 32.2. The second kappa shape index (κ2) is 11.3. The predicted octanol–water partition coefficient (Wildman–Crippen LogP) is 4.84. The van der Waals surface area contributed by atoms with Gasteiger partial charge in [0.1, 0.15) is 12.4 Å². The molecule has 0 spiro atoms. The number of thiophene rings is 1. The molecule has 2 aromatic heterocycles. The number of ether oxygens (including phenoxy) is 1. The van der Waals surface area contributed by atoms with Gasteiger partial charge in [-0.3, -0.25) is 14.5 Å². The van der Waals surface area contributed by atoms with Gasteiger partial charge in [0, 0.05) is 29.7 Å². The highest BCUT2D eigenvalue weighted by Gasteiger charge is 2.38. The summed E-state index contributed by atoms with van der Waals surface area (Å²) in [5.74, 6) is 0.525. The topological polar surface area (TPSA) is 76.5 Å². The molecular formula is C28H28N4O3S2. The van der Waals surface area contributed by atoms with Gasteiger partial charge in [-0.25, -0.2) is 4.68 Å². The lowest BCUT2D eigenvalue weighted by Crippen LogP contribution is -2.43.